The van der Waals surface area contributed by atoms with E-state index >= 15 is 0 Å². The zero-order chi connectivity index (χ0) is 20.7. The van der Waals surface area contributed by atoms with Crippen molar-refractivity contribution in [3.63, 3.8) is 0 Å². The second kappa shape index (κ2) is 6.93. The second-order valence-corrected chi connectivity index (χ2v) is 6.64. The smallest absolute Gasteiger partial charge is 0.270 e. The highest BCUT2D eigenvalue weighted by atomic mass is 16.6. The van der Waals surface area contributed by atoms with Crippen LogP contribution in [0.5, 0.6) is 5.75 Å². The third-order valence-corrected chi connectivity index (χ3v) is 4.82. The van der Waals surface area contributed by atoms with Gasteiger partial charge in [0, 0.05) is 23.4 Å². The predicted molar refractivity (Wildman–Crippen MR) is 113 cm³/mol. The van der Waals surface area contributed by atoms with E-state index in [0.717, 1.165) is 22.5 Å². The van der Waals surface area contributed by atoms with Gasteiger partial charge in [0.05, 0.1) is 23.1 Å². The Morgan fingerprint density at radius 1 is 0.900 bits per heavy atom. The van der Waals surface area contributed by atoms with E-state index in [1.54, 1.807) is 19.2 Å². The fraction of sp³-hybridized carbons (Fsp3) is 0.0455. The summed E-state index contributed by atoms with van der Waals surface area (Å²) < 4.78 is 7.12. The number of imidazole rings is 1. The zero-order valence-corrected chi connectivity index (χ0v) is 15.9. The number of non-ortho nitro benzene ring substituents is 1. The average Bonchev–Trinajstić information content (AvgIpc) is 3.16. The number of hydrogen-bond donors (Lipinski definition) is 0. The highest BCUT2D eigenvalue weighted by Gasteiger charge is 2.19. The average molecular weight is 397 g/mol. The largest absolute Gasteiger partial charge is 0.497 e. The SMILES string of the molecule is COc1ccc(-n2c(-c3cccc([N+](=O)[O-])c3)nc3nc4ccccc4nc32)cc1. The Morgan fingerprint density at radius 2 is 1.63 bits per heavy atom. The number of hydrogen-bond acceptors (Lipinski definition) is 6. The Hall–Kier alpha value is -4.33. The van der Waals surface area contributed by atoms with Crippen LogP contribution in [0.4, 0.5) is 5.69 Å². The van der Waals surface area contributed by atoms with Crippen molar-refractivity contribution in [2.75, 3.05) is 7.11 Å². The molecule has 0 saturated heterocycles. The number of aromatic nitrogens is 4. The van der Waals surface area contributed by atoms with E-state index < -0.39 is 4.92 Å². The Labute approximate surface area is 170 Å². The maximum Gasteiger partial charge on any atom is 0.270 e. The number of methoxy groups -OCH3 is 1. The molecule has 0 amide bonds. The van der Waals surface area contributed by atoms with E-state index in [0.29, 0.717) is 22.7 Å². The molecule has 5 aromatic rings. The molecule has 0 radical (unpaired) electrons. The Kier molecular flexibility index (Phi) is 4.10. The molecule has 3 aromatic carbocycles. The summed E-state index contributed by atoms with van der Waals surface area (Å²) in [6.45, 7) is 0. The molecule has 0 aliphatic carbocycles. The summed E-state index contributed by atoms with van der Waals surface area (Å²) in [7, 11) is 1.60. The summed E-state index contributed by atoms with van der Waals surface area (Å²) in [5.41, 5.74) is 3.90. The van der Waals surface area contributed by atoms with Gasteiger partial charge in [-0.15, -0.1) is 0 Å². The quantitative estimate of drug-likeness (QED) is 0.326. The predicted octanol–water partition coefficient (Wildman–Crippen LogP) is 4.55. The van der Waals surface area contributed by atoms with Crippen LogP contribution >= 0.6 is 0 Å². The third-order valence-electron chi connectivity index (χ3n) is 4.82. The first-order chi connectivity index (χ1) is 14.6. The summed E-state index contributed by atoms with van der Waals surface area (Å²) in [5, 5.41) is 11.3. The Bertz CT molecular complexity index is 1410. The molecule has 0 atom stereocenters. The van der Waals surface area contributed by atoms with Crippen LogP contribution in [0, 0.1) is 10.1 Å². The molecule has 30 heavy (non-hydrogen) atoms. The van der Waals surface area contributed by atoms with Crippen LogP contribution in [0.3, 0.4) is 0 Å². The molecule has 0 saturated carbocycles. The summed E-state index contributed by atoms with van der Waals surface area (Å²) >= 11 is 0. The van der Waals surface area contributed by atoms with E-state index in [4.69, 9.17) is 9.72 Å². The number of fused-ring (bicyclic) bond motifs is 2. The maximum absolute atomic E-state index is 11.3. The normalized spacial score (nSPS) is 11.1. The molecule has 8 heteroatoms. The van der Waals surface area contributed by atoms with Crippen molar-refractivity contribution in [2.24, 2.45) is 0 Å². The molecule has 0 unspecified atom stereocenters. The van der Waals surface area contributed by atoms with Crippen LogP contribution in [-0.4, -0.2) is 31.6 Å². The van der Waals surface area contributed by atoms with Gasteiger partial charge in [-0.3, -0.25) is 14.7 Å². The molecule has 0 fully saturated rings. The second-order valence-electron chi connectivity index (χ2n) is 6.64. The fourth-order valence-electron chi connectivity index (χ4n) is 3.39. The van der Waals surface area contributed by atoms with Crippen LogP contribution in [0.2, 0.25) is 0 Å². The van der Waals surface area contributed by atoms with Gasteiger partial charge in [-0.25, -0.2) is 15.0 Å². The van der Waals surface area contributed by atoms with Crippen molar-refractivity contribution in [2.45, 2.75) is 0 Å². The molecule has 146 valence electrons. The third kappa shape index (κ3) is 2.91. The summed E-state index contributed by atoms with van der Waals surface area (Å²) in [6, 6.07) is 21.4. The lowest BCUT2D eigenvalue weighted by Crippen LogP contribution is -2.00. The van der Waals surface area contributed by atoms with Crippen molar-refractivity contribution >= 4 is 28.0 Å². The van der Waals surface area contributed by atoms with Crippen molar-refractivity contribution in [3.05, 3.63) is 82.9 Å². The van der Waals surface area contributed by atoms with Gasteiger partial charge in [-0.1, -0.05) is 24.3 Å². The molecule has 2 heterocycles. The van der Waals surface area contributed by atoms with Gasteiger partial charge in [0.1, 0.15) is 11.6 Å². The minimum absolute atomic E-state index is 0.00748. The first-order valence-electron chi connectivity index (χ1n) is 9.18. The number of nitro groups is 1. The van der Waals surface area contributed by atoms with E-state index in [-0.39, 0.29) is 5.69 Å². The molecular formula is C22H15N5O3. The molecular weight excluding hydrogens is 382 g/mol. The van der Waals surface area contributed by atoms with Gasteiger partial charge < -0.3 is 4.74 Å². The minimum Gasteiger partial charge on any atom is -0.497 e. The number of nitrogens with zero attached hydrogens (tertiary/aromatic N) is 5. The molecule has 0 aliphatic heterocycles. The van der Waals surface area contributed by atoms with Crippen molar-refractivity contribution in [3.8, 4) is 22.8 Å². The van der Waals surface area contributed by atoms with Gasteiger partial charge in [-0.05, 0) is 36.4 Å². The van der Waals surface area contributed by atoms with Gasteiger partial charge in [0.15, 0.2) is 11.3 Å². The van der Waals surface area contributed by atoms with Crippen LogP contribution < -0.4 is 4.74 Å². The number of ether oxygens (including phenoxy) is 1. The van der Waals surface area contributed by atoms with Gasteiger partial charge in [-0.2, -0.15) is 0 Å². The van der Waals surface area contributed by atoms with Crippen LogP contribution in [0.1, 0.15) is 0 Å². The molecule has 2 aromatic heterocycles. The molecule has 0 aliphatic rings. The van der Waals surface area contributed by atoms with Gasteiger partial charge >= 0.3 is 0 Å². The standard InChI is InChI=1S/C22H15N5O3/c1-30-17-11-9-15(10-12-17)26-21(14-5-4-6-16(13-14)27(28)29)25-20-22(26)24-19-8-3-2-7-18(19)23-20/h2-13H,1H3. The van der Waals surface area contributed by atoms with Crippen LogP contribution in [-0.2, 0) is 0 Å². The van der Waals surface area contributed by atoms with Crippen molar-refractivity contribution < 1.29 is 9.66 Å². The van der Waals surface area contributed by atoms with Gasteiger partial charge in [0.25, 0.3) is 5.69 Å². The fourth-order valence-corrected chi connectivity index (χ4v) is 3.39. The number of para-hydroxylation sites is 2. The lowest BCUT2D eigenvalue weighted by molar-refractivity contribution is -0.384. The molecule has 0 N–H and O–H groups in total. The number of benzene rings is 3. The highest BCUT2D eigenvalue weighted by molar-refractivity contribution is 5.86. The molecule has 5 rings (SSSR count). The minimum atomic E-state index is -0.422. The molecule has 0 bridgehead atoms. The first kappa shape index (κ1) is 17.7. The van der Waals surface area contributed by atoms with E-state index in [1.165, 1.54) is 12.1 Å². The Balaban J connectivity index is 1.83. The maximum atomic E-state index is 11.3. The van der Waals surface area contributed by atoms with Crippen LogP contribution in [0.15, 0.2) is 72.8 Å². The van der Waals surface area contributed by atoms with E-state index in [1.807, 2.05) is 53.1 Å². The first-order valence-corrected chi connectivity index (χ1v) is 9.18. The topological polar surface area (TPSA) is 96.0 Å². The lowest BCUT2D eigenvalue weighted by atomic mass is 10.2. The Morgan fingerprint density at radius 3 is 2.33 bits per heavy atom. The lowest BCUT2D eigenvalue weighted by Gasteiger charge is -2.10. The summed E-state index contributed by atoms with van der Waals surface area (Å²) in [5.74, 6) is 1.24. The summed E-state index contributed by atoms with van der Waals surface area (Å²) in [6.07, 6.45) is 0. The molecule has 0 spiro atoms. The monoisotopic (exact) mass is 397 g/mol. The van der Waals surface area contributed by atoms with E-state index in [2.05, 4.69) is 9.97 Å². The molecule has 8 nitrogen and oxygen atoms in total. The number of rotatable bonds is 4. The van der Waals surface area contributed by atoms with Crippen LogP contribution in [0.25, 0.3) is 39.4 Å². The van der Waals surface area contributed by atoms with Crippen molar-refractivity contribution in [1.82, 2.24) is 19.5 Å². The highest BCUT2D eigenvalue weighted by Crippen LogP contribution is 2.30. The van der Waals surface area contributed by atoms with Crippen molar-refractivity contribution in [1.29, 1.82) is 0 Å². The van der Waals surface area contributed by atoms with Gasteiger partial charge in [0.2, 0.25) is 0 Å². The van der Waals surface area contributed by atoms with E-state index in [9.17, 15) is 10.1 Å². The summed E-state index contributed by atoms with van der Waals surface area (Å²) in [4.78, 5) is 25.0. The number of nitro benzene ring substituents is 1. The zero-order valence-electron chi connectivity index (χ0n) is 15.9.